The minimum absolute atomic E-state index is 0.139. The van der Waals surface area contributed by atoms with Gasteiger partial charge in [0.2, 0.25) is 5.91 Å². The number of carbonyl (C=O) groups is 2. The normalized spacial score (nSPS) is 11.6. The Morgan fingerprint density at radius 2 is 2.21 bits per heavy atom. The van der Waals surface area contributed by atoms with Gasteiger partial charge in [-0.1, -0.05) is 6.07 Å². The number of hydrogen-bond acceptors (Lipinski definition) is 4. The van der Waals surface area contributed by atoms with Crippen molar-refractivity contribution in [2.24, 2.45) is 18.7 Å². The minimum Gasteiger partial charge on any atom is -0.497 e. The van der Waals surface area contributed by atoms with Gasteiger partial charge in [0, 0.05) is 31.5 Å². The van der Waals surface area contributed by atoms with Crippen LogP contribution in [0, 0.1) is 5.92 Å². The van der Waals surface area contributed by atoms with Crippen LogP contribution in [0.5, 0.6) is 5.75 Å². The molecular weight excluding hydrogens is 310 g/mol. The fourth-order valence-electron chi connectivity index (χ4n) is 2.23. The second-order valence-corrected chi connectivity index (χ2v) is 5.39. The van der Waals surface area contributed by atoms with Crippen LogP contribution in [0.25, 0.3) is 0 Å². The predicted octanol–water partition coefficient (Wildman–Crippen LogP) is 0.894. The van der Waals surface area contributed by atoms with Gasteiger partial charge in [-0.3, -0.25) is 9.48 Å². The molecule has 8 heteroatoms. The van der Waals surface area contributed by atoms with Crippen molar-refractivity contribution in [2.75, 3.05) is 19.0 Å². The van der Waals surface area contributed by atoms with Crippen molar-refractivity contribution in [3.05, 3.63) is 42.2 Å². The van der Waals surface area contributed by atoms with Gasteiger partial charge in [0.1, 0.15) is 5.75 Å². The number of methoxy groups -OCH3 is 1. The summed E-state index contributed by atoms with van der Waals surface area (Å²) in [6.45, 7) is 0.139. The van der Waals surface area contributed by atoms with Crippen LogP contribution in [0.3, 0.4) is 0 Å². The average Bonchev–Trinajstić information content (AvgIpc) is 2.96. The highest BCUT2D eigenvalue weighted by molar-refractivity contribution is 5.89. The Balaban J connectivity index is 1.88. The van der Waals surface area contributed by atoms with E-state index in [1.165, 1.54) is 0 Å². The molecule has 2 aromatic rings. The summed E-state index contributed by atoms with van der Waals surface area (Å²) in [6.07, 6.45) is 3.90. The van der Waals surface area contributed by atoms with E-state index >= 15 is 0 Å². The standard InChI is InChI=1S/C16H21N5O3/c1-21-10-11(8-19-21)6-12(15(17)22)9-18-16(23)20-13-4-3-5-14(7-13)24-2/h3-5,7-8,10,12H,6,9H2,1-2H3,(H2,17,22)(H2,18,20,23). The van der Waals surface area contributed by atoms with E-state index in [-0.39, 0.29) is 6.54 Å². The molecule has 1 unspecified atom stereocenters. The summed E-state index contributed by atoms with van der Waals surface area (Å²) in [4.78, 5) is 23.5. The lowest BCUT2D eigenvalue weighted by Crippen LogP contribution is -2.39. The van der Waals surface area contributed by atoms with Gasteiger partial charge in [-0.25, -0.2) is 4.79 Å². The Morgan fingerprint density at radius 3 is 2.83 bits per heavy atom. The van der Waals surface area contributed by atoms with Crippen molar-refractivity contribution in [1.82, 2.24) is 15.1 Å². The molecule has 0 aliphatic heterocycles. The summed E-state index contributed by atoms with van der Waals surface area (Å²) in [7, 11) is 3.34. The fourth-order valence-corrected chi connectivity index (χ4v) is 2.23. The number of nitrogens with one attached hydrogen (secondary N) is 2. The van der Waals surface area contributed by atoms with Crippen LogP contribution >= 0.6 is 0 Å². The summed E-state index contributed by atoms with van der Waals surface area (Å²) in [6, 6.07) is 6.56. The molecule has 0 bridgehead atoms. The van der Waals surface area contributed by atoms with E-state index in [0.29, 0.717) is 17.9 Å². The number of nitrogens with zero attached hydrogens (tertiary/aromatic N) is 2. The summed E-state index contributed by atoms with van der Waals surface area (Å²) in [5, 5.41) is 9.39. The van der Waals surface area contributed by atoms with Gasteiger partial charge in [-0.2, -0.15) is 5.10 Å². The van der Waals surface area contributed by atoms with Crippen molar-refractivity contribution in [1.29, 1.82) is 0 Å². The number of rotatable bonds is 7. The molecule has 1 aromatic heterocycles. The molecule has 24 heavy (non-hydrogen) atoms. The maximum Gasteiger partial charge on any atom is 0.319 e. The van der Waals surface area contributed by atoms with Crippen LogP contribution in [0.1, 0.15) is 5.56 Å². The molecule has 2 rings (SSSR count). The van der Waals surface area contributed by atoms with E-state index < -0.39 is 17.9 Å². The molecule has 1 atom stereocenters. The van der Waals surface area contributed by atoms with Gasteiger partial charge in [-0.15, -0.1) is 0 Å². The largest absolute Gasteiger partial charge is 0.497 e. The molecule has 0 radical (unpaired) electrons. The number of nitrogens with two attached hydrogens (primary N) is 1. The number of anilines is 1. The number of ether oxygens (including phenoxy) is 1. The first-order valence-corrected chi connectivity index (χ1v) is 7.43. The molecule has 0 spiro atoms. The van der Waals surface area contributed by atoms with E-state index in [4.69, 9.17) is 10.5 Å². The molecule has 4 N–H and O–H groups in total. The lowest BCUT2D eigenvalue weighted by atomic mass is 10.0. The Labute approximate surface area is 140 Å². The third kappa shape index (κ3) is 5.01. The number of carbonyl (C=O) groups excluding carboxylic acids is 2. The summed E-state index contributed by atoms with van der Waals surface area (Å²) in [5.41, 5.74) is 6.89. The highest BCUT2D eigenvalue weighted by Gasteiger charge is 2.18. The molecule has 0 saturated heterocycles. The van der Waals surface area contributed by atoms with Crippen LogP contribution in [0.4, 0.5) is 10.5 Å². The maximum atomic E-state index is 12.0. The SMILES string of the molecule is COc1cccc(NC(=O)NCC(Cc2cnn(C)c2)C(N)=O)c1. The van der Waals surface area contributed by atoms with E-state index in [2.05, 4.69) is 15.7 Å². The second kappa shape index (κ2) is 8.00. The molecule has 3 amide bonds. The van der Waals surface area contributed by atoms with E-state index in [9.17, 15) is 9.59 Å². The van der Waals surface area contributed by atoms with Gasteiger partial charge in [-0.05, 0) is 24.1 Å². The van der Waals surface area contributed by atoms with E-state index in [1.807, 2.05) is 6.20 Å². The summed E-state index contributed by atoms with van der Waals surface area (Å²) < 4.78 is 6.74. The van der Waals surface area contributed by atoms with Gasteiger partial charge in [0.05, 0.1) is 19.2 Å². The van der Waals surface area contributed by atoms with Crippen molar-refractivity contribution < 1.29 is 14.3 Å². The van der Waals surface area contributed by atoms with Crippen LogP contribution in [0.2, 0.25) is 0 Å². The van der Waals surface area contributed by atoms with Crippen molar-refractivity contribution in [2.45, 2.75) is 6.42 Å². The summed E-state index contributed by atoms with van der Waals surface area (Å²) in [5.74, 6) is -0.342. The number of aryl methyl sites for hydroxylation is 1. The number of urea groups is 1. The van der Waals surface area contributed by atoms with Crippen LogP contribution in [-0.2, 0) is 18.3 Å². The first-order chi connectivity index (χ1) is 11.5. The Hall–Kier alpha value is -3.03. The third-order valence-corrected chi connectivity index (χ3v) is 3.48. The van der Waals surface area contributed by atoms with Crippen molar-refractivity contribution >= 4 is 17.6 Å². The smallest absolute Gasteiger partial charge is 0.319 e. The zero-order chi connectivity index (χ0) is 17.5. The Bertz CT molecular complexity index is 713. The highest BCUT2D eigenvalue weighted by atomic mass is 16.5. The topological polar surface area (TPSA) is 111 Å². The van der Waals surface area contributed by atoms with Gasteiger partial charge in [0.25, 0.3) is 0 Å². The number of aromatic nitrogens is 2. The minimum atomic E-state index is -0.509. The molecule has 0 fully saturated rings. The second-order valence-electron chi connectivity index (χ2n) is 5.39. The predicted molar refractivity (Wildman–Crippen MR) is 89.6 cm³/mol. The van der Waals surface area contributed by atoms with E-state index in [1.54, 1.807) is 49.3 Å². The maximum absolute atomic E-state index is 12.0. The first kappa shape index (κ1) is 17.3. The molecule has 0 saturated carbocycles. The number of primary amides is 1. The van der Waals surface area contributed by atoms with Gasteiger partial charge in [0.15, 0.2) is 0 Å². The van der Waals surface area contributed by atoms with Crippen LogP contribution in [-0.4, -0.2) is 35.4 Å². The molecule has 0 aliphatic rings. The Morgan fingerprint density at radius 1 is 1.42 bits per heavy atom. The lowest BCUT2D eigenvalue weighted by Gasteiger charge is -2.14. The number of benzene rings is 1. The highest BCUT2D eigenvalue weighted by Crippen LogP contribution is 2.16. The molecule has 0 aliphatic carbocycles. The molecule has 1 aromatic carbocycles. The molecule has 128 valence electrons. The van der Waals surface area contributed by atoms with Crippen molar-refractivity contribution in [3.63, 3.8) is 0 Å². The molecule has 8 nitrogen and oxygen atoms in total. The monoisotopic (exact) mass is 331 g/mol. The van der Waals surface area contributed by atoms with Crippen LogP contribution < -0.4 is 21.1 Å². The number of hydrogen-bond donors (Lipinski definition) is 3. The van der Waals surface area contributed by atoms with Gasteiger partial charge < -0.3 is 21.1 Å². The van der Waals surface area contributed by atoms with Gasteiger partial charge >= 0.3 is 6.03 Å². The fraction of sp³-hybridized carbons (Fsp3) is 0.312. The zero-order valence-electron chi connectivity index (χ0n) is 13.7. The van der Waals surface area contributed by atoms with Crippen LogP contribution in [0.15, 0.2) is 36.7 Å². The quantitative estimate of drug-likeness (QED) is 0.699. The van der Waals surface area contributed by atoms with Crippen molar-refractivity contribution in [3.8, 4) is 5.75 Å². The third-order valence-electron chi connectivity index (χ3n) is 3.48. The summed E-state index contributed by atoms with van der Waals surface area (Å²) >= 11 is 0. The van der Waals surface area contributed by atoms with E-state index in [0.717, 1.165) is 5.56 Å². The number of amides is 3. The first-order valence-electron chi connectivity index (χ1n) is 7.43. The molecule has 1 heterocycles. The lowest BCUT2D eigenvalue weighted by molar-refractivity contribution is -0.121. The zero-order valence-corrected chi connectivity index (χ0v) is 13.7. The average molecular weight is 331 g/mol. The molecular formula is C16H21N5O3. The Kier molecular flexibility index (Phi) is 5.78.